The van der Waals surface area contributed by atoms with Crippen molar-refractivity contribution < 1.29 is 19.1 Å². The molecule has 0 bridgehead atoms. The Kier molecular flexibility index (Phi) is 7.13. The summed E-state index contributed by atoms with van der Waals surface area (Å²) in [6.45, 7) is 4.55. The van der Waals surface area contributed by atoms with Gasteiger partial charge in [-0.15, -0.1) is 0 Å². The molecule has 0 unspecified atom stereocenters. The van der Waals surface area contributed by atoms with Gasteiger partial charge in [-0.1, -0.05) is 17.7 Å². The van der Waals surface area contributed by atoms with Gasteiger partial charge in [0.2, 0.25) is 5.91 Å². The van der Waals surface area contributed by atoms with Crippen LogP contribution in [0.2, 0.25) is 0 Å². The zero-order valence-electron chi connectivity index (χ0n) is 11.8. The number of rotatable bonds is 7. The highest BCUT2D eigenvalue weighted by molar-refractivity contribution is 5.82. The molecule has 0 fully saturated rings. The molecule has 0 aliphatic rings. The molecule has 6 nitrogen and oxygen atoms in total. The molecule has 0 aliphatic heterocycles. The Morgan fingerprint density at radius 2 is 1.75 bits per heavy atom. The lowest BCUT2D eigenvalue weighted by Gasteiger charge is -2.09. The second kappa shape index (κ2) is 8.92. The lowest BCUT2D eigenvalue weighted by Crippen LogP contribution is -2.44. The number of carbonyl (C=O) groups is 2. The second-order valence-electron chi connectivity index (χ2n) is 4.15. The van der Waals surface area contributed by atoms with Crippen molar-refractivity contribution in [1.29, 1.82) is 0 Å². The molecule has 0 spiro atoms. The topological polar surface area (TPSA) is 76.7 Å². The van der Waals surface area contributed by atoms with Crippen LogP contribution in [-0.2, 0) is 14.3 Å². The quantitative estimate of drug-likeness (QED) is 0.576. The van der Waals surface area contributed by atoms with Crippen LogP contribution in [0.5, 0.6) is 5.75 Å². The number of hydrogen-bond acceptors (Lipinski definition) is 4. The van der Waals surface area contributed by atoms with E-state index in [1.165, 1.54) is 0 Å². The summed E-state index contributed by atoms with van der Waals surface area (Å²) in [6, 6.07) is 7.35. The third-order valence-electron chi connectivity index (χ3n) is 2.41. The molecule has 20 heavy (non-hydrogen) atoms. The van der Waals surface area contributed by atoms with E-state index in [1.807, 2.05) is 26.0 Å². The number of hydrogen-bond donors (Lipinski definition) is 2. The number of aryl methyl sites for hydroxylation is 1. The first-order chi connectivity index (χ1) is 9.61. The van der Waals surface area contributed by atoms with Gasteiger partial charge in [-0.25, -0.2) is 0 Å². The molecule has 0 saturated heterocycles. The van der Waals surface area contributed by atoms with Crippen LogP contribution in [-0.4, -0.2) is 31.6 Å². The van der Waals surface area contributed by atoms with Crippen molar-refractivity contribution in [2.75, 3.05) is 19.8 Å². The summed E-state index contributed by atoms with van der Waals surface area (Å²) < 4.78 is 10.3. The maximum Gasteiger partial charge on any atom is 0.276 e. The monoisotopic (exact) mass is 280 g/mol. The predicted molar refractivity (Wildman–Crippen MR) is 74.1 cm³/mol. The van der Waals surface area contributed by atoms with Crippen molar-refractivity contribution >= 4 is 11.8 Å². The van der Waals surface area contributed by atoms with Crippen LogP contribution in [0.1, 0.15) is 18.9 Å². The van der Waals surface area contributed by atoms with E-state index < -0.39 is 5.91 Å². The number of amides is 2. The first kappa shape index (κ1) is 16.0. The van der Waals surface area contributed by atoms with Gasteiger partial charge in [0.1, 0.15) is 5.75 Å². The van der Waals surface area contributed by atoms with Crippen LogP contribution >= 0.6 is 0 Å². The maximum absolute atomic E-state index is 11.4. The summed E-state index contributed by atoms with van der Waals surface area (Å²) in [4.78, 5) is 22.7. The third kappa shape index (κ3) is 6.75. The normalized spacial score (nSPS) is 9.90. The van der Waals surface area contributed by atoms with Gasteiger partial charge >= 0.3 is 0 Å². The van der Waals surface area contributed by atoms with Crippen LogP contribution < -0.4 is 15.6 Å². The highest BCUT2D eigenvalue weighted by Crippen LogP contribution is 2.10. The fraction of sp³-hybridized carbons (Fsp3) is 0.429. The Bertz CT molecular complexity index is 431. The van der Waals surface area contributed by atoms with Crippen LogP contribution in [0.15, 0.2) is 24.3 Å². The molecule has 0 aliphatic carbocycles. The van der Waals surface area contributed by atoms with Crippen molar-refractivity contribution in [1.82, 2.24) is 10.9 Å². The van der Waals surface area contributed by atoms with E-state index in [0.717, 1.165) is 5.56 Å². The molecular weight excluding hydrogens is 260 g/mol. The largest absolute Gasteiger partial charge is 0.484 e. The SMILES string of the molecule is CCOCCC(=O)NNC(=O)COc1ccc(C)cc1. The van der Waals surface area contributed by atoms with E-state index in [4.69, 9.17) is 9.47 Å². The van der Waals surface area contributed by atoms with Gasteiger partial charge in [0.15, 0.2) is 6.61 Å². The summed E-state index contributed by atoms with van der Waals surface area (Å²) in [5.41, 5.74) is 5.67. The Morgan fingerprint density at radius 1 is 1.10 bits per heavy atom. The lowest BCUT2D eigenvalue weighted by molar-refractivity contribution is -0.130. The lowest BCUT2D eigenvalue weighted by atomic mass is 10.2. The molecule has 0 saturated carbocycles. The van der Waals surface area contributed by atoms with E-state index in [-0.39, 0.29) is 18.9 Å². The average Bonchev–Trinajstić information content (AvgIpc) is 2.45. The predicted octanol–water partition coefficient (Wildman–Crippen LogP) is 0.948. The minimum Gasteiger partial charge on any atom is -0.484 e. The Balaban J connectivity index is 2.17. The van der Waals surface area contributed by atoms with Gasteiger partial charge in [0.05, 0.1) is 13.0 Å². The van der Waals surface area contributed by atoms with Gasteiger partial charge < -0.3 is 9.47 Å². The number of benzene rings is 1. The molecule has 0 radical (unpaired) electrons. The van der Waals surface area contributed by atoms with Crippen molar-refractivity contribution in [3.05, 3.63) is 29.8 Å². The van der Waals surface area contributed by atoms with Gasteiger partial charge in [-0.3, -0.25) is 20.4 Å². The summed E-state index contributed by atoms with van der Waals surface area (Å²) in [7, 11) is 0. The first-order valence-electron chi connectivity index (χ1n) is 6.46. The molecule has 0 heterocycles. The van der Waals surface area contributed by atoms with Crippen molar-refractivity contribution in [2.45, 2.75) is 20.3 Å². The van der Waals surface area contributed by atoms with Crippen molar-refractivity contribution in [3.63, 3.8) is 0 Å². The summed E-state index contributed by atoms with van der Waals surface area (Å²) in [5, 5.41) is 0. The molecule has 2 amide bonds. The minimum absolute atomic E-state index is 0.158. The first-order valence-corrected chi connectivity index (χ1v) is 6.46. The molecule has 1 aromatic carbocycles. The van der Waals surface area contributed by atoms with E-state index in [1.54, 1.807) is 12.1 Å². The summed E-state index contributed by atoms with van der Waals surface area (Å²) in [6.07, 6.45) is 0.201. The summed E-state index contributed by atoms with van der Waals surface area (Å²) >= 11 is 0. The van der Waals surface area contributed by atoms with Crippen molar-refractivity contribution in [3.8, 4) is 5.75 Å². The van der Waals surface area contributed by atoms with Crippen LogP contribution in [0.4, 0.5) is 0 Å². The van der Waals surface area contributed by atoms with E-state index in [0.29, 0.717) is 19.0 Å². The molecule has 0 atom stereocenters. The molecule has 1 aromatic rings. The van der Waals surface area contributed by atoms with Gasteiger partial charge in [-0.05, 0) is 26.0 Å². The number of ether oxygens (including phenoxy) is 2. The Morgan fingerprint density at radius 3 is 2.40 bits per heavy atom. The van der Waals surface area contributed by atoms with Crippen LogP contribution in [0.25, 0.3) is 0 Å². The molecule has 2 N–H and O–H groups in total. The molecule has 110 valence electrons. The molecule has 1 rings (SSSR count). The Hall–Kier alpha value is -2.08. The molecule has 0 aromatic heterocycles. The highest BCUT2D eigenvalue weighted by atomic mass is 16.5. The third-order valence-corrected chi connectivity index (χ3v) is 2.41. The number of nitrogens with one attached hydrogen (secondary N) is 2. The smallest absolute Gasteiger partial charge is 0.276 e. The minimum atomic E-state index is -0.421. The Labute approximate surface area is 118 Å². The summed E-state index contributed by atoms with van der Waals surface area (Å²) in [5.74, 6) is -0.120. The average molecular weight is 280 g/mol. The van der Waals surface area contributed by atoms with E-state index >= 15 is 0 Å². The standard InChI is InChI=1S/C14H20N2O4/c1-3-19-9-8-13(17)15-16-14(18)10-20-12-6-4-11(2)5-7-12/h4-7H,3,8-10H2,1-2H3,(H,15,17)(H,16,18). The van der Waals surface area contributed by atoms with E-state index in [9.17, 15) is 9.59 Å². The zero-order chi connectivity index (χ0) is 14.8. The van der Waals surface area contributed by atoms with Crippen LogP contribution in [0, 0.1) is 6.92 Å². The highest BCUT2D eigenvalue weighted by Gasteiger charge is 2.05. The maximum atomic E-state index is 11.4. The molecule has 6 heteroatoms. The van der Waals surface area contributed by atoms with Gasteiger partial charge in [0.25, 0.3) is 5.91 Å². The fourth-order valence-electron chi connectivity index (χ4n) is 1.33. The van der Waals surface area contributed by atoms with E-state index in [2.05, 4.69) is 10.9 Å². The zero-order valence-corrected chi connectivity index (χ0v) is 11.8. The van der Waals surface area contributed by atoms with Gasteiger partial charge in [-0.2, -0.15) is 0 Å². The van der Waals surface area contributed by atoms with Crippen molar-refractivity contribution in [2.24, 2.45) is 0 Å². The van der Waals surface area contributed by atoms with Gasteiger partial charge in [0, 0.05) is 6.61 Å². The van der Waals surface area contributed by atoms with Crippen LogP contribution in [0.3, 0.4) is 0 Å². The number of hydrazine groups is 1. The molecular formula is C14H20N2O4. The fourth-order valence-corrected chi connectivity index (χ4v) is 1.33. The number of carbonyl (C=O) groups excluding carboxylic acids is 2. The second-order valence-corrected chi connectivity index (χ2v) is 4.15.